The van der Waals surface area contributed by atoms with E-state index < -0.39 is 0 Å². The average Bonchev–Trinajstić information content (AvgIpc) is 2.27. The summed E-state index contributed by atoms with van der Waals surface area (Å²) in [4.78, 5) is 22.6. The minimum Gasteiger partial charge on any atom is -0.393 e. The van der Waals surface area contributed by atoms with Crippen molar-refractivity contribution in [1.29, 1.82) is 0 Å². The molecule has 1 aromatic rings. The Hall–Kier alpha value is -1.88. The molecule has 0 aromatic heterocycles. The van der Waals surface area contributed by atoms with Gasteiger partial charge in [0.05, 0.1) is 6.10 Å². The molecule has 5 nitrogen and oxygen atoms in total. The monoisotopic (exact) mass is 248 g/mol. The van der Waals surface area contributed by atoms with Crippen molar-refractivity contribution < 1.29 is 14.7 Å². The second-order valence-electron chi connectivity index (χ2n) is 4.55. The standard InChI is InChI=1S/C13H16N2O3/c1-8(16)9-2-4-10(5-3-9)14-13(18)15-11-6-12(17)7-11/h2-5,11-12,17H,6-7H2,1H3,(H2,14,15,18). The third-order valence-electron chi connectivity index (χ3n) is 3.00. The van der Waals surface area contributed by atoms with Gasteiger partial charge in [-0.1, -0.05) is 0 Å². The van der Waals surface area contributed by atoms with Crippen molar-refractivity contribution in [2.45, 2.75) is 31.9 Å². The lowest BCUT2D eigenvalue weighted by molar-refractivity contribution is 0.0671. The molecule has 1 aliphatic carbocycles. The van der Waals surface area contributed by atoms with Gasteiger partial charge in [0.1, 0.15) is 0 Å². The van der Waals surface area contributed by atoms with Crippen LogP contribution in [0.2, 0.25) is 0 Å². The Labute approximate surface area is 105 Å². The van der Waals surface area contributed by atoms with Crippen LogP contribution in [0.1, 0.15) is 30.1 Å². The van der Waals surface area contributed by atoms with Crippen LogP contribution in [0, 0.1) is 0 Å². The second-order valence-corrected chi connectivity index (χ2v) is 4.55. The summed E-state index contributed by atoms with van der Waals surface area (Å²) in [6.07, 6.45) is 0.929. The minimum atomic E-state index is -0.289. The van der Waals surface area contributed by atoms with E-state index in [2.05, 4.69) is 10.6 Å². The van der Waals surface area contributed by atoms with Crippen LogP contribution in [0.4, 0.5) is 10.5 Å². The highest BCUT2D eigenvalue weighted by molar-refractivity contribution is 5.95. The number of hydrogen-bond donors (Lipinski definition) is 3. The Morgan fingerprint density at radius 1 is 1.22 bits per heavy atom. The molecule has 0 aliphatic heterocycles. The number of nitrogens with one attached hydrogen (secondary N) is 2. The molecule has 1 aromatic carbocycles. The van der Waals surface area contributed by atoms with Gasteiger partial charge in [0.25, 0.3) is 0 Å². The Kier molecular flexibility index (Phi) is 3.62. The highest BCUT2D eigenvalue weighted by Crippen LogP contribution is 2.19. The summed E-state index contributed by atoms with van der Waals surface area (Å²) in [5, 5.41) is 14.5. The van der Waals surface area contributed by atoms with E-state index in [-0.39, 0.29) is 24.0 Å². The molecule has 0 spiro atoms. The highest BCUT2D eigenvalue weighted by Gasteiger charge is 2.28. The predicted octanol–water partition coefficient (Wildman–Crippen LogP) is 1.53. The van der Waals surface area contributed by atoms with Crippen LogP contribution in [-0.2, 0) is 0 Å². The minimum absolute atomic E-state index is 0.00513. The van der Waals surface area contributed by atoms with Crippen LogP contribution in [0.15, 0.2) is 24.3 Å². The topological polar surface area (TPSA) is 78.4 Å². The summed E-state index contributed by atoms with van der Waals surface area (Å²) in [6, 6.07) is 6.48. The lowest BCUT2D eigenvalue weighted by Crippen LogP contribution is -2.48. The van der Waals surface area contributed by atoms with Crippen molar-refractivity contribution in [3.05, 3.63) is 29.8 Å². The van der Waals surface area contributed by atoms with E-state index in [0.29, 0.717) is 24.1 Å². The van der Waals surface area contributed by atoms with E-state index in [1.165, 1.54) is 6.92 Å². The SMILES string of the molecule is CC(=O)c1ccc(NC(=O)NC2CC(O)C2)cc1. The first-order valence-corrected chi connectivity index (χ1v) is 5.91. The van der Waals surface area contributed by atoms with Gasteiger partial charge >= 0.3 is 6.03 Å². The first kappa shape index (κ1) is 12.6. The molecule has 0 bridgehead atoms. The van der Waals surface area contributed by atoms with Crippen LogP contribution in [0.5, 0.6) is 0 Å². The van der Waals surface area contributed by atoms with Crippen molar-refractivity contribution in [2.24, 2.45) is 0 Å². The fourth-order valence-electron chi connectivity index (χ4n) is 1.85. The molecule has 0 radical (unpaired) electrons. The third-order valence-corrected chi connectivity index (χ3v) is 3.00. The van der Waals surface area contributed by atoms with Gasteiger partial charge in [-0.2, -0.15) is 0 Å². The molecular formula is C13H16N2O3. The fraction of sp³-hybridized carbons (Fsp3) is 0.385. The van der Waals surface area contributed by atoms with Crippen molar-refractivity contribution in [2.75, 3.05) is 5.32 Å². The largest absolute Gasteiger partial charge is 0.393 e. The van der Waals surface area contributed by atoms with Crippen molar-refractivity contribution >= 4 is 17.5 Å². The van der Waals surface area contributed by atoms with Crippen LogP contribution in [-0.4, -0.2) is 29.1 Å². The molecule has 0 saturated heterocycles. The summed E-state index contributed by atoms with van der Waals surface area (Å²) in [7, 11) is 0. The van der Waals surface area contributed by atoms with Gasteiger partial charge in [-0.3, -0.25) is 4.79 Å². The van der Waals surface area contributed by atoms with Gasteiger partial charge < -0.3 is 15.7 Å². The molecule has 0 heterocycles. The van der Waals surface area contributed by atoms with E-state index in [1.54, 1.807) is 24.3 Å². The first-order valence-electron chi connectivity index (χ1n) is 5.91. The normalized spacial score (nSPS) is 21.9. The number of ketones is 1. The highest BCUT2D eigenvalue weighted by atomic mass is 16.3. The fourth-order valence-corrected chi connectivity index (χ4v) is 1.85. The second kappa shape index (κ2) is 5.18. The maximum Gasteiger partial charge on any atom is 0.319 e. The Bertz CT molecular complexity index is 450. The van der Waals surface area contributed by atoms with E-state index in [1.807, 2.05) is 0 Å². The molecule has 0 unspecified atom stereocenters. The molecule has 96 valence electrons. The van der Waals surface area contributed by atoms with Crippen LogP contribution in [0.3, 0.4) is 0 Å². The van der Waals surface area contributed by atoms with Gasteiger partial charge in [0.2, 0.25) is 0 Å². The number of aliphatic hydroxyl groups is 1. The number of Topliss-reactive ketones (excluding diaryl/α,β-unsaturated/α-hetero) is 1. The zero-order valence-corrected chi connectivity index (χ0v) is 10.1. The average molecular weight is 248 g/mol. The smallest absolute Gasteiger partial charge is 0.319 e. The van der Waals surface area contributed by atoms with E-state index in [9.17, 15) is 9.59 Å². The van der Waals surface area contributed by atoms with E-state index >= 15 is 0 Å². The summed E-state index contributed by atoms with van der Waals surface area (Å²) in [6.45, 7) is 1.50. The van der Waals surface area contributed by atoms with Gasteiger partial charge in [0, 0.05) is 17.3 Å². The van der Waals surface area contributed by atoms with Gasteiger partial charge in [-0.15, -0.1) is 0 Å². The molecule has 1 aliphatic rings. The van der Waals surface area contributed by atoms with Crippen LogP contribution >= 0.6 is 0 Å². The van der Waals surface area contributed by atoms with Gasteiger partial charge in [-0.25, -0.2) is 4.79 Å². The van der Waals surface area contributed by atoms with Gasteiger partial charge in [-0.05, 0) is 44.0 Å². The molecular weight excluding hydrogens is 232 g/mol. The maximum atomic E-state index is 11.6. The molecule has 2 amide bonds. The van der Waals surface area contributed by atoms with Crippen molar-refractivity contribution in [3.8, 4) is 0 Å². The number of hydrogen-bond acceptors (Lipinski definition) is 3. The molecule has 3 N–H and O–H groups in total. The summed E-state index contributed by atoms with van der Waals surface area (Å²) in [5.74, 6) is -0.00513. The lowest BCUT2D eigenvalue weighted by atomic mass is 9.90. The number of urea groups is 1. The number of carbonyl (C=O) groups excluding carboxylic acids is 2. The number of amides is 2. The third kappa shape index (κ3) is 3.07. The molecule has 5 heteroatoms. The number of carbonyl (C=O) groups is 2. The summed E-state index contributed by atoms with van der Waals surface area (Å²) >= 11 is 0. The lowest BCUT2D eigenvalue weighted by Gasteiger charge is -2.31. The number of benzene rings is 1. The Morgan fingerprint density at radius 2 is 1.83 bits per heavy atom. The zero-order chi connectivity index (χ0) is 13.1. The maximum absolute atomic E-state index is 11.6. The van der Waals surface area contributed by atoms with Crippen LogP contribution in [0.25, 0.3) is 0 Å². The Morgan fingerprint density at radius 3 is 2.33 bits per heavy atom. The van der Waals surface area contributed by atoms with E-state index in [0.717, 1.165) is 0 Å². The molecule has 1 fully saturated rings. The molecule has 18 heavy (non-hydrogen) atoms. The number of anilines is 1. The van der Waals surface area contributed by atoms with Crippen LogP contribution < -0.4 is 10.6 Å². The predicted molar refractivity (Wildman–Crippen MR) is 67.6 cm³/mol. The Balaban J connectivity index is 1.85. The molecule has 2 rings (SSSR count). The summed E-state index contributed by atoms with van der Waals surface area (Å²) in [5.41, 5.74) is 1.25. The molecule has 1 saturated carbocycles. The quantitative estimate of drug-likeness (QED) is 0.710. The van der Waals surface area contributed by atoms with Crippen molar-refractivity contribution in [1.82, 2.24) is 5.32 Å². The van der Waals surface area contributed by atoms with Crippen molar-refractivity contribution in [3.63, 3.8) is 0 Å². The number of rotatable bonds is 3. The molecule has 0 atom stereocenters. The number of aliphatic hydroxyl groups excluding tert-OH is 1. The van der Waals surface area contributed by atoms with E-state index in [4.69, 9.17) is 5.11 Å². The zero-order valence-electron chi connectivity index (χ0n) is 10.1. The first-order chi connectivity index (χ1) is 8.54. The summed E-state index contributed by atoms with van der Waals surface area (Å²) < 4.78 is 0. The van der Waals surface area contributed by atoms with Gasteiger partial charge in [0.15, 0.2) is 5.78 Å².